The summed E-state index contributed by atoms with van der Waals surface area (Å²) in [6, 6.07) is 7.29. The molecule has 1 amide bonds. The molecular weight excluding hydrogens is 254 g/mol. The number of nitrogens with one attached hydrogen (secondary N) is 1. The Morgan fingerprint density at radius 1 is 1.30 bits per heavy atom. The quantitative estimate of drug-likeness (QED) is 0.919. The molecule has 1 atom stereocenters. The molecule has 5 nitrogen and oxygen atoms in total. The molecule has 0 bridgehead atoms. The zero-order valence-electron chi connectivity index (χ0n) is 12.0. The molecule has 2 rings (SSSR count). The number of fused-ring (bicyclic) bond motifs is 1. The molecular formula is C15H19N3O2. The Morgan fingerprint density at radius 2 is 2.00 bits per heavy atom. The van der Waals surface area contributed by atoms with E-state index in [-0.39, 0.29) is 24.1 Å². The zero-order chi connectivity index (χ0) is 14.7. The van der Waals surface area contributed by atoms with Gasteiger partial charge >= 0.3 is 0 Å². The minimum absolute atomic E-state index is 0.0548. The van der Waals surface area contributed by atoms with Gasteiger partial charge in [0, 0.05) is 11.4 Å². The van der Waals surface area contributed by atoms with Crippen LogP contribution in [0.1, 0.15) is 20.8 Å². The van der Waals surface area contributed by atoms with Gasteiger partial charge in [-0.3, -0.25) is 9.59 Å². The first-order valence-electron chi connectivity index (χ1n) is 6.73. The van der Waals surface area contributed by atoms with E-state index in [0.29, 0.717) is 11.3 Å². The highest BCUT2D eigenvalue weighted by atomic mass is 16.2. The lowest BCUT2D eigenvalue weighted by Crippen LogP contribution is -2.40. The fraction of sp³-hybridized carbons (Fsp3) is 0.400. The fourth-order valence-electron chi connectivity index (χ4n) is 1.84. The van der Waals surface area contributed by atoms with E-state index >= 15 is 0 Å². The number of benzene rings is 1. The Hall–Kier alpha value is -2.17. The van der Waals surface area contributed by atoms with Crippen LogP contribution in [0.15, 0.2) is 35.3 Å². The summed E-state index contributed by atoms with van der Waals surface area (Å²) in [6.45, 7) is 5.96. The van der Waals surface area contributed by atoms with Gasteiger partial charge in [-0.05, 0) is 18.9 Å². The van der Waals surface area contributed by atoms with Crippen LogP contribution in [-0.4, -0.2) is 21.7 Å². The number of aromatic nitrogens is 2. The van der Waals surface area contributed by atoms with Crippen molar-refractivity contribution in [2.45, 2.75) is 33.4 Å². The highest BCUT2D eigenvalue weighted by molar-refractivity contribution is 5.81. The first-order chi connectivity index (χ1) is 9.49. The molecule has 0 aliphatic heterocycles. The SMILES string of the molecule is CC(C)C(C)NC(=O)Cn1ncc2ccccc2c1=O. The summed E-state index contributed by atoms with van der Waals surface area (Å²) in [7, 11) is 0. The summed E-state index contributed by atoms with van der Waals surface area (Å²) >= 11 is 0. The fourth-order valence-corrected chi connectivity index (χ4v) is 1.84. The van der Waals surface area contributed by atoms with E-state index < -0.39 is 0 Å². The van der Waals surface area contributed by atoms with Gasteiger partial charge < -0.3 is 5.32 Å². The first kappa shape index (κ1) is 14.2. The van der Waals surface area contributed by atoms with E-state index in [4.69, 9.17) is 0 Å². The van der Waals surface area contributed by atoms with Crippen LogP contribution in [0.25, 0.3) is 10.8 Å². The number of carbonyl (C=O) groups excluding carboxylic acids is 1. The van der Waals surface area contributed by atoms with Crippen molar-refractivity contribution in [3.63, 3.8) is 0 Å². The molecule has 1 heterocycles. The molecule has 2 aromatic rings. The summed E-state index contributed by atoms with van der Waals surface area (Å²) in [5.41, 5.74) is -0.240. The van der Waals surface area contributed by atoms with Crippen LogP contribution in [0.5, 0.6) is 0 Å². The smallest absolute Gasteiger partial charge is 0.275 e. The number of rotatable bonds is 4. The molecule has 1 aromatic carbocycles. The van der Waals surface area contributed by atoms with Crippen LogP contribution in [0.2, 0.25) is 0 Å². The lowest BCUT2D eigenvalue weighted by atomic mass is 10.1. The second-order valence-electron chi connectivity index (χ2n) is 5.29. The van der Waals surface area contributed by atoms with Crippen LogP contribution in [0.4, 0.5) is 0 Å². The van der Waals surface area contributed by atoms with Crippen LogP contribution in [0, 0.1) is 5.92 Å². The molecule has 0 aliphatic carbocycles. The van der Waals surface area contributed by atoms with E-state index in [1.165, 1.54) is 4.68 Å². The predicted octanol–water partition coefficient (Wildman–Crippen LogP) is 1.56. The van der Waals surface area contributed by atoms with Crippen LogP contribution >= 0.6 is 0 Å². The topological polar surface area (TPSA) is 64.0 Å². The zero-order valence-corrected chi connectivity index (χ0v) is 12.0. The Morgan fingerprint density at radius 3 is 2.70 bits per heavy atom. The second-order valence-corrected chi connectivity index (χ2v) is 5.29. The molecule has 1 N–H and O–H groups in total. The lowest BCUT2D eigenvalue weighted by Gasteiger charge is -2.17. The van der Waals surface area contributed by atoms with Crippen molar-refractivity contribution in [3.05, 3.63) is 40.8 Å². The Labute approximate surface area is 117 Å². The molecule has 20 heavy (non-hydrogen) atoms. The third-order valence-corrected chi connectivity index (χ3v) is 3.44. The number of amides is 1. The molecule has 0 spiro atoms. The third-order valence-electron chi connectivity index (χ3n) is 3.44. The molecule has 1 aromatic heterocycles. The van der Waals surface area contributed by atoms with Gasteiger partial charge in [0.25, 0.3) is 5.56 Å². The van der Waals surface area contributed by atoms with Crippen molar-refractivity contribution in [2.75, 3.05) is 0 Å². The summed E-state index contributed by atoms with van der Waals surface area (Å²) in [6.07, 6.45) is 1.61. The summed E-state index contributed by atoms with van der Waals surface area (Å²) in [5, 5.41) is 8.26. The van der Waals surface area contributed by atoms with Gasteiger partial charge in [-0.25, -0.2) is 4.68 Å². The normalized spacial score (nSPS) is 12.6. The van der Waals surface area contributed by atoms with E-state index in [1.807, 2.05) is 32.9 Å². The standard InChI is InChI=1S/C15H19N3O2/c1-10(2)11(3)17-14(19)9-18-15(20)13-7-5-4-6-12(13)8-16-18/h4-8,10-11H,9H2,1-3H3,(H,17,19). The number of hydrogen-bond donors (Lipinski definition) is 1. The Kier molecular flexibility index (Phi) is 4.17. The summed E-state index contributed by atoms with van der Waals surface area (Å²) in [4.78, 5) is 24.1. The van der Waals surface area contributed by atoms with Gasteiger partial charge in [0.2, 0.25) is 5.91 Å². The third kappa shape index (κ3) is 3.04. The van der Waals surface area contributed by atoms with E-state index in [2.05, 4.69) is 10.4 Å². The largest absolute Gasteiger partial charge is 0.352 e. The first-order valence-corrected chi connectivity index (χ1v) is 6.73. The molecule has 5 heteroatoms. The predicted molar refractivity (Wildman–Crippen MR) is 78.4 cm³/mol. The maximum Gasteiger partial charge on any atom is 0.275 e. The highest BCUT2D eigenvalue weighted by Gasteiger charge is 2.12. The Bertz CT molecular complexity index is 676. The van der Waals surface area contributed by atoms with Crippen molar-refractivity contribution in [1.82, 2.24) is 15.1 Å². The highest BCUT2D eigenvalue weighted by Crippen LogP contribution is 2.06. The van der Waals surface area contributed by atoms with Gasteiger partial charge in [0.05, 0.1) is 11.6 Å². The maximum absolute atomic E-state index is 12.2. The van der Waals surface area contributed by atoms with E-state index in [1.54, 1.807) is 18.3 Å². The Balaban J connectivity index is 2.20. The molecule has 1 unspecified atom stereocenters. The van der Waals surface area contributed by atoms with Crippen molar-refractivity contribution < 1.29 is 4.79 Å². The number of carbonyl (C=O) groups is 1. The molecule has 0 fully saturated rings. The molecule has 0 saturated heterocycles. The van der Waals surface area contributed by atoms with Crippen molar-refractivity contribution in [3.8, 4) is 0 Å². The maximum atomic E-state index is 12.2. The molecule has 0 aliphatic rings. The summed E-state index contributed by atoms with van der Waals surface area (Å²) < 4.78 is 1.20. The minimum Gasteiger partial charge on any atom is -0.352 e. The average Bonchev–Trinajstić information content (AvgIpc) is 2.42. The van der Waals surface area contributed by atoms with Gasteiger partial charge in [0.1, 0.15) is 6.54 Å². The molecule has 106 valence electrons. The average molecular weight is 273 g/mol. The van der Waals surface area contributed by atoms with Gasteiger partial charge in [0.15, 0.2) is 0 Å². The van der Waals surface area contributed by atoms with Crippen molar-refractivity contribution in [1.29, 1.82) is 0 Å². The number of nitrogens with zero attached hydrogens (tertiary/aromatic N) is 2. The minimum atomic E-state index is -0.240. The molecule has 0 saturated carbocycles. The van der Waals surface area contributed by atoms with Crippen LogP contribution in [-0.2, 0) is 11.3 Å². The second kappa shape index (κ2) is 5.86. The van der Waals surface area contributed by atoms with Crippen LogP contribution in [0.3, 0.4) is 0 Å². The monoisotopic (exact) mass is 273 g/mol. The molecule has 0 radical (unpaired) electrons. The van der Waals surface area contributed by atoms with Gasteiger partial charge in [-0.2, -0.15) is 5.10 Å². The summed E-state index contributed by atoms with van der Waals surface area (Å²) in [5.74, 6) is 0.149. The number of hydrogen-bond acceptors (Lipinski definition) is 3. The van der Waals surface area contributed by atoms with E-state index in [9.17, 15) is 9.59 Å². The van der Waals surface area contributed by atoms with Crippen molar-refractivity contribution in [2.24, 2.45) is 5.92 Å². The van der Waals surface area contributed by atoms with Crippen molar-refractivity contribution >= 4 is 16.7 Å². The van der Waals surface area contributed by atoms with Gasteiger partial charge in [-0.1, -0.05) is 32.0 Å². The van der Waals surface area contributed by atoms with Gasteiger partial charge in [-0.15, -0.1) is 0 Å². The van der Waals surface area contributed by atoms with E-state index in [0.717, 1.165) is 5.39 Å². The van der Waals surface area contributed by atoms with Crippen LogP contribution < -0.4 is 10.9 Å². The lowest BCUT2D eigenvalue weighted by molar-refractivity contribution is -0.122.